The number of sulfone groups is 1. The Morgan fingerprint density at radius 1 is 1.23 bits per heavy atom. The number of aliphatic imine (C=N–C) groups is 1. The highest BCUT2D eigenvalue weighted by Crippen LogP contribution is 2.07. The lowest BCUT2D eigenvalue weighted by Crippen LogP contribution is -2.41. The zero-order valence-corrected chi connectivity index (χ0v) is 14.5. The molecule has 1 aromatic rings. The minimum Gasteiger partial charge on any atom is -0.357 e. The van der Waals surface area contributed by atoms with Gasteiger partial charge in [-0.2, -0.15) is 0 Å². The molecule has 0 fully saturated rings. The number of hydrogen-bond acceptors (Lipinski definition) is 3. The number of guanidine groups is 1. The van der Waals surface area contributed by atoms with Crippen molar-refractivity contribution in [2.75, 3.05) is 18.8 Å². The molecule has 0 aliphatic heterocycles. The molecule has 0 bridgehead atoms. The van der Waals surface area contributed by atoms with Crippen LogP contribution in [0, 0.1) is 0 Å². The fourth-order valence-corrected chi connectivity index (χ4v) is 3.38. The summed E-state index contributed by atoms with van der Waals surface area (Å²) in [6.45, 7) is 7.36. The first-order valence-corrected chi connectivity index (χ1v) is 9.54. The molecule has 124 valence electrons. The molecule has 0 saturated carbocycles. The van der Waals surface area contributed by atoms with Crippen molar-refractivity contribution in [3.63, 3.8) is 0 Å². The van der Waals surface area contributed by atoms with Gasteiger partial charge < -0.3 is 10.6 Å². The third-order valence-electron chi connectivity index (χ3n) is 2.88. The van der Waals surface area contributed by atoms with Crippen LogP contribution >= 0.6 is 0 Å². The zero-order chi connectivity index (χ0) is 16.4. The van der Waals surface area contributed by atoms with E-state index < -0.39 is 9.84 Å². The maximum atomic E-state index is 12.1. The molecule has 0 heterocycles. The highest BCUT2D eigenvalue weighted by atomic mass is 32.2. The van der Waals surface area contributed by atoms with E-state index in [1.165, 1.54) is 0 Å². The highest BCUT2D eigenvalue weighted by Gasteiger charge is 2.11. The lowest BCUT2D eigenvalue weighted by atomic mass is 10.2. The Kier molecular flexibility index (Phi) is 7.95. The SMILES string of the molecule is CCNC(=NCCCS(=O)(=O)Cc1ccccc1)NC(C)C. The van der Waals surface area contributed by atoms with Crippen molar-refractivity contribution in [2.45, 2.75) is 39.0 Å². The van der Waals surface area contributed by atoms with Gasteiger partial charge in [0.25, 0.3) is 0 Å². The van der Waals surface area contributed by atoms with E-state index in [0.29, 0.717) is 19.0 Å². The summed E-state index contributed by atoms with van der Waals surface area (Å²) in [7, 11) is -3.08. The maximum Gasteiger partial charge on any atom is 0.191 e. The van der Waals surface area contributed by atoms with Gasteiger partial charge in [-0.15, -0.1) is 0 Å². The van der Waals surface area contributed by atoms with Crippen LogP contribution in [0.2, 0.25) is 0 Å². The second kappa shape index (κ2) is 9.46. The molecule has 5 nitrogen and oxygen atoms in total. The number of benzene rings is 1. The lowest BCUT2D eigenvalue weighted by molar-refractivity contribution is 0.592. The predicted molar refractivity (Wildman–Crippen MR) is 92.8 cm³/mol. The summed E-state index contributed by atoms with van der Waals surface area (Å²) in [5.74, 6) is 0.992. The summed E-state index contributed by atoms with van der Waals surface area (Å²) in [6.07, 6.45) is 0.532. The van der Waals surface area contributed by atoms with Gasteiger partial charge in [0.15, 0.2) is 15.8 Å². The summed E-state index contributed by atoms with van der Waals surface area (Å²) >= 11 is 0. The molecule has 0 unspecified atom stereocenters. The number of hydrogen-bond donors (Lipinski definition) is 2. The Morgan fingerprint density at radius 3 is 2.50 bits per heavy atom. The average Bonchev–Trinajstić information content (AvgIpc) is 2.44. The molecule has 0 radical (unpaired) electrons. The average molecular weight is 325 g/mol. The van der Waals surface area contributed by atoms with Gasteiger partial charge in [-0.05, 0) is 32.8 Å². The summed E-state index contributed by atoms with van der Waals surface area (Å²) in [5.41, 5.74) is 0.834. The Hall–Kier alpha value is -1.56. The molecule has 2 N–H and O–H groups in total. The van der Waals surface area contributed by atoms with Crippen LogP contribution in [-0.2, 0) is 15.6 Å². The normalized spacial score (nSPS) is 12.5. The van der Waals surface area contributed by atoms with Crippen LogP contribution in [0.15, 0.2) is 35.3 Å². The third kappa shape index (κ3) is 8.02. The summed E-state index contributed by atoms with van der Waals surface area (Å²) < 4.78 is 24.1. The van der Waals surface area contributed by atoms with Gasteiger partial charge in [0, 0.05) is 19.1 Å². The first-order valence-electron chi connectivity index (χ1n) is 7.72. The Morgan fingerprint density at radius 2 is 1.91 bits per heavy atom. The molecule has 0 aliphatic carbocycles. The van der Waals surface area contributed by atoms with Crippen LogP contribution in [0.25, 0.3) is 0 Å². The van der Waals surface area contributed by atoms with Crippen LogP contribution in [0.5, 0.6) is 0 Å². The van der Waals surface area contributed by atoms with Crippen molar-refractivity contribution in [1.29, 1.82) is 0 Å². The molecule has 0 saturated heterocycles. The van der Waals surface area contributed by atoms with E-state index in [0.717, 1.165) is 18.1 Å². The van der Waals surface area contributed by atoms with Crippen LogP contribution in [0.1, 0.15) is 32.8 Å². The third-order valence-corrected chi connectivity index (χ3v) is 4.57. The minimum absolute atomic E-state index is 0.0991. The van der Waals surface area contributed by atoms with E-state index in [2.05, 4.69) is 15.6 Å². The molecule has 0 aliphatic rings. The Bertz CT molecular complexity index is 554. The van der Waals surface area contributed by atoms with Crippen LogP contribution in [-0.4, -0.2) is 39.3 Å². The Labute approximate surface area is 134 Å². The lowest BCUT2D eigenvalue weighted by Gasteiger charge is -2.13. The fourth-order valence-electron chi connectivity index (χ4n) is 1.97. The first kappa shape index (κ1) is 18.5. The van der Waals surface area contributed by atoms with Crippen molar-refractivity contribution in [3.05, 3.63) is 35.9 Å². The molecular weight excluding hydrogens is 298 g/mol. The second-order valence-electron chi connectivity index (χ2n) is 5.49. The molecule has 0 spiro atoms. The number of rotatable bonds is 8. The molecule has 0 atom stereocenters. The van der Waals surface area contributed by atoms with Gasteiger partial charge >= 0.3 is 0 Å². The fraction of sp³-hybridized carbons (Fsp3) is 0.562. The van der Waals surface area contributed by atoms with Crippen molar-refractivity contribution >= 4 is 15.8 Å². The van der Waals surface area contributed by atoms with E-state index >= 15 is 0 Å². The first-order chi connectivity index (χ1) is 10.4. The highest BCUT2D eigenvalue weighted by molar-refractivity contribution is 7.90. The van der Waals surface area contributed by atoms with E-state index in [1.807, 2.05) is 51.1 Å². The van der Waals surface area contributed by atoms with Crippen LogP contribution in [0.4, 0.5) is 0 Å². The topological polar surface area (TPSA) is 70.6 Å². The van der Waals surface area contributed by atoms with Crippen molar-refractivity contribution in [1.82, 2.24) is 10.6 Å². The second-order valence-corrected chi connectivity index (χ2v) is 7.67. The molecule has 6 heteroatoms. The van der Waals surface area contributed by atoms with Crippen molar-refractivity contribution in [3.8, 4) is 0 Å². The maximum absolute atomic E-state index is 12.1. The molecule has 0 amide bonds. The monoisotopic (exact) mass is 325 g/mol. The Balaban J connectivity index is 2.44. The minimum atomic E-state index is -3.08. The van der Waals surface area contributed by atoms with Crippen LogP contribution < -0.4 is 10.6 Å². The zero-order valence-electron chi connectivity index (χ0n) is 13.7. The van der Waals surface area contributed by atoms with Gasteiger partial charge in [-0.1, -0.05) is 30.3 Å². The summed E-state index contributed by atoms with van der Waals surface area (Å²) in [5, 5.41) is 6.35. The van der Waals surface area contributed by atoms with Crippen molar-refractivity contribution in [2.24, 2.45) is 4.99 Å². The van der Waals surface area contributed by atoms with Crippen molar-refractivity contribution < 1.29 is 8.42 Å². The summed E-state index contributed by atoms with van der Waals surface area (Å²) in [6, 6.07) is 9.57. The van der Waals surface area contributed by atoms with E-state index in [9.17, 15) is 8.42 Å². The van der Waals surface area contributed by atoms with E-state index in [1.54, 1.807) is 0 Å². The van der Waals surface area contributed by atoms with Gasteiger partial charge in [0.2, 0.25) is 0 Å². The quantitative estimate of drug-likeness (QED) is 0.435. The molecule has 22 heavy (non-hydrogen) atoms. The molecule has 1 rings (SSSR count). The van der Waals surface area contributed by atoms with Gasteiger partial charge in [-0.3, -0.25) is 4.99 Å². The predicted octanol–water partition coefficient (Wildman–Crippen LogP) is 1.95. The van der Waals surface area contributed by atoms with Gasteiger partial charge in [-0.25, -0.2) is 8.42 Å². The number of nitrogens with one attached hydrogen (secondary N) is 2. The number of nitrogens with zero attached hydrogens (tertiary/aromatic N) is 1. The molecular formula is C16H27N3O2S. The smallest absolute Gasteiger partial charge is 0.191 e. The largest absolute Gasteiger partial charge is 0.357 e. The standard InChI is InChI=1S/C16H27N3O2S/c1-4-17-16(19-14(2)3)18-11-8-12-22(20,21)13-15-9-6-5-7-10-15/h5-7,9-10,14H,4,8,11-13H2,1-3H3,(H2,17,18,19). The van der Waals surface area contributed by atoms with E-state index in [4.69, 9.17) is 0 Å². The van der Waals surface area contributed by atoms with Crippen LogP contribution in [0.3, 0.4) is 0 Å². The molecule has 1 aromatic carbocycles. The summed E-state index contributed by atoms with van der Waals surface area (Å²) in [4.78, 5) is 4.39. The van der Waals surface area contributed by atoms with Gasteiger partial charge in [0.05, 0.1) is 11.5 Å². The van der Waals surface area contributed by atoms with Gasteiger partial charge in [0.1, 0.15) is 0 Å². The van der Waals surface area contributed by atoms with E-state index in [-0.39, 0.29) is 11.5 Å². The molecule has 0 aromatic heterocycles.